The van der Waals surface area contributed by atoms with Gasteiger partial charge in [-0.3, -0.25) is 0 Å². The Bertz CT molecular complexity index is 864. The van der Waals surface area contributed by atoms with Gasteiger partial charge in [0.2, 0.25) is 0 Å². The molecule has 0 fully saturated rings. The number of rotatable bonds is 8. The summed E-state index contributed by atoms with van der Waals surface area (Å²) >= 11 is 3.53. The average Bonchev–Trinajstić information content (AvgIpc) is 2.92. The number of halogens is 1. The molecule has 0 spiro atoms. The summed E-state index contributed by atoms with van der Waals surface area (Å²) in [7, 11) is 3.94. The van der Waals surface area contributed by atoms with Crippen molar-refractivity contribution < 1.29 is 4.74 Å². The van der Waals surface area contributed by atoms with Gasteiger partial charge in [0.1, 0.15) is 5.75 Å². The number of fused-ring (bicyclic) bond motifs is 1. The van der Waals surface area contributed by atoms with E-state index in [0.29, 0.717) is 0 Å². The lowest BCUT2D eigenvalue weighted by Gasteiger charge is -2.09. The van der Waals surface area contributed by atoms with Crippen molar-refractivity contribution in [3.05, 3.63) is 63.8 Å². The molecule has 0 aliphatic rings. The van der Waals surface area contributed by atoms with Crippen LogP contribution in [0.15, 0.2) is 46.9 Å². The number of aromatic nitrogens is 1. The fraction of sp³-hybridized carbons (Fsp3) is 0.391. The van der Waals surface area contributed by atoms with Crippen LogP contribution in [-0.4, -0.2) is 11.7 Å². The van der Waals surface area contributed by atoms with Gasteiger partial charge in [0.05, 0.1) is 7.11 Å². The number of hydrogen-bond acceptors (Lipinski definition) is 1. The molecule has 26 heavy (non-hydrogen) atoms. The lowest BCUT2D eigenvalue weighted by atomic mass is 9.99. The third-order valence-electron chi connectivity index (χ3n) is 5.21. The van der Waals surface area contributed by atoms with Crippen molar-refractivity contribution in [2.24, 2.45) is 7.05 Å². The third kappa shape index (κ3) is 4.15. The fourth-order valence-electron chi connectivity index (χ4n) is 3.71. The molecule has 0 aliphatic carbocycles. The molecule has 3 rings (SSSR count). The minimum Gasteiger partial charge on any atom is -0.497 e. The molecule has 2 nitrogen and oxygen atoms in total. The lowest BCUT2D eigenvalue weighted by Crippen LogP contribution is -2.01. The van der Waals surface area contributed by atoms with Gasteiger partial charge < -0.3 is 9.30 Å². The predicted octanol–water partition coefficient (Wildman–Crippen LogP) is 6.66. The Labute approximate surface area is 165 Å². The van der Waals surface area contributed by atoms with Gasteiger partial charge in [-0.2, -0.15) is 0 Å². The maximum absolute atomic E-state index is 5.49. The predicted molar refractivity (Wildman–Crippen MR) is 114 cm³/mol. The second-order valence-corrected chi connectivity index (χ2v) is 7.90. The molecule has 0 atom stereocenters. The molecule has 0 bridgehead atoms. The van der Waals surface area contributed by atoms with Crippen LogP contribution >= 0.6 is 15.9 Å². The van der Waals surface area contributed by atoms with Crippen molar-refractivity contribution in [3.63, 3.8) is 0 Å². The second-order valence-electron chi connectivity index (χ2n) is 6.98. The minimum absolute atomic E-state index is 0.938. The van der Waals surface area contributed by atoms with Crippen molar-refractivity contribution in [1.29, 1.82) is 0 Å². The van der Waals surface area contributed by atoms with Crippen molar-refractivity contribution in [3.8, 4) is 5.75 Å². The number of hydrogen-bond donors (Lipinski definition) is 0. The molecular weight excluding hydrogens is 386 g/mol. The fourth-order valence-corrected chi connectivity index (χ4v) is 3.97. The summed E-state index contributed by atoms with van der Waals surface area (Å²) in [6, 6.07) is 15.1. The molecule has 0 N–H and O–H groups in total. The molecule has 0 amide bonds. The van der Waals surface area contributed by atoms with Gasteiger partial charge in [-0.1, -0.05) is 54.2 Å². The topological polar surface area (TPSA) is 14.2 Å². The van der Waals surface area contributed by atoms with E-state index in [1.165, 1.54) is 53.4 Å². The Balaban J connectivity index is 2.00. The summed E-state index contributed by atoms with van der Waals surface area (Å²) in [6.07, 6.45) is 7.23. The molecule has 0 aliphatic heterocycles. The summed E-state index contributed by atoms with van der Waals surface area (Å²) in [4.78, 5) is 0. The van der Waals surface area contributed by atoms with Crippen LogP contribution in [0.1, 0.15) is 49.4 Å². The Morgan fingerprint density at radius 3 is 2.46 bits per heavy atom. The quantitative estimate of drug-likeness (QED) is 0.376. The lowest BCUT2D eigenvalue weighted by molar-refractivity contribution is 0.415. The molecule has 2 aromatic carbocycles. The van der Waals surface area contributed by atoms with Crippen molar-refractivity contribution in [2.45, 2.75) is 45.4 Å². The van der Waals surface area contributed by atoms with Crippen LogP contribution < -0.4 is 4.74 Å². The van der Waals surface area contributed by atoms with E-state index < -0.39 is 0 Å². The molecule has 3 aromatic rings. The van der Waals surface area contributed by atoms with Crippen LogP contribution in [0.3, 0.4) is 0 Å². The van der Waals surface area contributed by atoms with Crippen LogP contribution in [0.25, 0.3) is 10.9 Å². The zero-order chi connectivity index (χ0) is 18.5. The molecule has 1 heterocycles. The monoisotopic (exact) mass is 413 g/mol. The molecule has 3 heteroatoms. The highest BCUT2D eigenvalue weighted by Gasteiger charge is 2.16. The normalized spacial score (nSPS) is 11.2. The number of benzene rings is 2. The van der Waals surface area contributed by atoms with E-state index in [1.807, 2.05) is 0 Å². The number of aryl methyl sites for hydroxylation is 2. The third-order valence-corrected chi connectivity index (χ3v) is 5.74. The molecule has 0 saturated heterocycles. The summed E-state index contributed by atoms with van der Waals surface area (Å²) < 4.78 is 8.98. The minimum atomic E-state index is 0.938. The SMILES string of the molecule is CCCCCCc1c(Cc2ccc(Br)cc2)n(C)c2ccc(OC)cc12. The average molecular weight is 414 g/mol. The smallest absolute Gasteiger partial charge is 0.119 e. The molecule has 1 aromatic heterocycles. The van der Waals surface area contributed by atoms with Gasteiger partial charge in [0, 0.05) is 34.5 Å². The largest absolute Gasteiger partial charge is 0.497 e. The summed E-state index contributed by atoms with van der Waals surface area (Å²) in [5, 5.41) is 1.34. The van der Waals surface area contributed by atoms with Crippen LogP contribution in [0.2, 0.25) is 0 Å². The zero-order valence-electron chi connectivity index (χ0n) is 16.0. The second kappa shape index (κ2) is 8.77. The van der Waals surface area contributed by atoms with Gasteiger partial charge in [-0.05, 0) is 54.3 Å². The van der Waals surface area contributed by atoms with Gasteiger partial charge in [0.25, 0.3) is 0 Å². The van der Waals surface area contributed by atoms with Crippen molar-refractivity contribution >= 4 is 26.8 Å². The van der Waals surface area contributed by atoms with E-state index >= 15 is 0 Å². The highest BCUT2D eigenvalue weighted by Crippen LogP contribution is 2.32. The van der Waals surface area contributed by atoms with Crippen molar-refractivity contribution in [1.82, 2.24) is 4.57 Å². The van der Waals surface area contributed by atoms with Gasteiger partial charge in [-0.15, -0.1) is 0 Å². The maximum atomic E-state index is 5.49. The van der Waals surface area contributed by atoms with E-state index in [9.17, 15) is 0 Å². The Kier molecular flexibility index (Phi) is 6.42. The van der Waals surface area contributed by atoms with Gasteiger partial charge in [-0.25, -0.2) is 0 Å². The summed E-state index contributed by atoms with van der Waals surface area (Å²) in [5.74, 6) is 0.938. The first-order valence-corrected chi connectivity index (χ1v) is 10.3. The molecule has 138 valence electrons. The Morgan fingerprint density at radius 1 is 1.00 bits per heavy atom. The molecule has 0 unspecified atom stereocenters. The van der Waals surface area contributed by atoms with E-state index in [4.69, 9.17) is 4.74 Å². The van der Waals surface area contributed by atoms with E-state index in [0.717, 1.165) is 23.1 Å². The van der Waals surface area contributed by atoms with E-state index in [1.54, 1.807) is 7.11 Å². The zero-order valence-corrected chi connectivity index (χ0v) is 17.6. The number of nitrogens with zero attached hydrogens (tertiary/aromatic N) is 1. The first kappa shape index (κ1) is 19.0. The van der Waals surface area contributed by atoms with Crippen molar-refractivity contribution in [2.75, 3.05) is 7.11 Å². The van der Waals surface area contributed by atoms with E-state index in [-0.39, 0.29) is 0 Å². The Hall–Kier alpha value is -1.74. The number of unbranched alkanes of at least 4 members (excludes halogenated alkanes) is 3. The number of ether oxygens (including phenoxy) is 1. The van der Waals surface area contributed by atoms with Crippen LogP contribution in [0.5, 0.6) is 5.75 Å². The summed E-state index contributed by atoms with van der Waals surface area (Å²) in [5.41, 5.74) is 5.55. The first-order chi connectivity index (χ1) is 12.6. The first-order valence-electron chi connectivity index (χ1n) is 9.52. The molecule has 0 radical (unpaired) electrons. The van der Waals surface area contributed by atoms with E-state index in [2.05, 4.69) is 76.9 Å². The highest BCUT2D eigenvalue weighted by atomic mass is 79.9. The summed E-state index contributed by atoms with van der Waals surface area (Å²) in [6.45, 7) is 2.27. The van der Waals surface area contributed by atoms with Gasteiger partial charge >= 0.3 is 0 Å². The van der Waals surface area contributed by atoms with Crippen LogP contribution in [0.4, 0.5) is 0 Å². The highest BCUT2D eigenvalue weighted by molar-refractivity contribution is 9.10. The Morgan fingerprint density at radius 2 is 1.77 bits per heavy atom. The van der Waals surface area contributed by atoms with Crippen LogP contribution in [0, 0.1) is 0 Å². The molecular formula is C23H28BrNO. The standard InChI is InChI=1S/C23H28BrNO/c1-4-5-6-7-8-20-21-16-19(26-3)13-14-22(21)25(2)23(20)15-17-9-11-18(24)12-10-17/h9-14,16H,4-8,15H2,1-3H3. The van der Waals surface area contributed by atoms with Gasteiger partial charge in [0.15, 0.2) is 0 Å². The molecule has 0 saturated carbocycles. The van der Waals surface area contributed by atoms with Crippen LogP contribution in [-0.2, 0) is 19.9 Å². The number of methoxy groups -OCH3 is 1. The maximum Gasteiger partial charge on any atom is 0.119 e.